The summed E-state index contributed by atoms with van der Waals surface area (Å²) in [5, 5.41) is 2.97. The summed E-state index contributed by atoms with van der Waals surface area (Å²) < 4.78 is 10.6. The zero-order valence-electron chi connectivity index (χ0n) is 12.9. The Labute approximate surface area is 121 Å². The molecule has 20 heavy (non-hydrogen) atoms. The minimum Gasteiger partial charge on any atom is -0.379 e. The monoisotopic (exact) mass is 279 g/mol. The van der Waals surface area contributed by atoms with Gasteiger partial charge in [-0.2, -0.15) is 0 Å². The summed E-state index contributed by atoms with van der Waals surface area (Å²) in [5.74, 6) is -0.120. The third-order valence-corrected chi connectivity index (χ3v) is 3.16. The van der Waals surface area contributed by atoms with E-state index in [0.717, 1.165) is 23.2 Å². The van der Waals surface area contributed by atoms with Crippen LogP contribution in [0, 0.1) is 6.92 Å². The fraction of sp³-hybridized carbons (Fsp3) is 0.562. The van der Waals surface area contributed by atoms with E-state index in [0.29, 0.717) is 19.8 Å². The molecule has 0 saturated carbocycles. The van der Waals surface area contributed by atoms with Crippen molar-refractivity contribution in [3.8, 4) is 0 Å². The van der Waals surface area contributed by atoms with E-state index >= 15 is 0 Å². The van der Waals surface area contributed by atoms with Gasteiger partial charge >= 0.3 is 0 Å². The topological polar surface area (TPSA) is 47.6 Å². The third-order valence-electron chi connectivity index (χ3n) is 3.16. The van der Waals surface area contributed by atoms with Crippen LogP contribution in [0.1, 0.15) is 31.9 Å². The number of benzene rings is 1. The Bertz CT molecular complexity index is 432. The number of aryl methyl sites for hydroxylation is 2. The van der Waals surface area contributed by atoms with Gasteiger partial charge in [-0.05, 0) is 38.3 Å². The van der Waals surface area contributed by atoms with E-state index in [2.05, 4.69) is 12.2 Å². The Kier molecular flexibility index (Phi) is 7.26. The molecule has 1 unspecified atom stereocenters. The van der Waals surface area contributed by atoms with Crippen LogP contribution in [-0.4, -0.2) is 31.8 Å². The van der Waals surface area contributed by atoms with Crippen LogP contribution in [0.3, 0.4) is 0 Å². The van der Waals surface area contributed by atoms with E-state index in [1.165, 1.54) is 0 Å². The summed E-state index contributed by atoms with van der Waals surface area (Å²) in [6.45, 7) is 9.36. The van der Waals surface area contributed by atoms with Crippen molar-refractivity contribution in [3.05, 3.63) is 29.3 Å². The summed E-state index contributed by atoms with van der Waals surface area (Å²) >= 11 is 0. The number of amides is 1. The van der Waals surface area contributed by atoms with Crippen molar-refractivity contribution in [1.29, 1.82) is 0 Å². The molecule has 1 aromatic rings. The molecule has 1 rings (SSSR count). The predicted molar refractivity (Wildman–Crippen MR) is 81.1 cm³/mol. The molecule has 0 saturated heterocycles. The van der Waals surface area contributed by atoms with Crippen LogP contribution < -0.4 is 5.32 Å². The maximum atomic E-state index is 12.1. The fourth-order valence-corrected chi connectivity index (χ4v) is 1.93. The molecule has 1 amide bonds. The first-order chi connectivity index (χ1) is 9.60. The highest BCUT2D eigenvalue weighted by molar-refractivity contribution is 5.95. The zero-order valence-corrected chi connectivity index (χ0v) is 12.9. The standard InChI is InChI=1S/C16H25NO3/c1-5-14-9-7-8-12(3)15(14)17-16(18)13(4)20-11-10-19-6-2/h7-9,13H,5-6,10-11H2,1-4H3,(H,17,18). The van der Waals surface area contributed by atoms with Gasteiger partial charge in [0, 0.05) is 12.3 Å². The molecule has 0 spiro atoms. The highest BCUT2D eigenvalue weighted by Crippen LogP contribution is 2.21. The van der Waals surface area contributed by atoms with Crippen molar-refractivity contribution in [1.82, 2.24) is 0 Å². The molecular formula is C16H25NO3. The summed E-state index contributed by atoms with van der Waals surface area (Å²) in [7, 11) is 0. The summed E-state index contributed by atoms with van der Waals surface area (Å²) in [6, 6.07) is 6.03. The number of para-hydroxylation sites is 1. The van der Waals surface area contributed by atoms with E-state index in [4.69, 9.17) is 9.47 Å². The van der Waals surface area contributed by atoms with Crippen molar-refractivity contribution in [2.24, 2.45) is 0 Å². The number of hydrogen-bond acceptors (Lipinski definition) is 3. The third kappa shape index (κ3) is 4.94. The van der Waals surface area contributed by atoms with Crippen LogP contribution in [-0.2, 0) is 20.7 Å². The van der Waals surface area contributed by atoms with Crippen LogP contribution in [0.25, 0.3) is 0 Å². The summed E-state index contributed by atoms with van der Waals surface area (Å²) in [6.07, 6.45) is 0.399. The molecule has 1 aromatic carbocycles. The molecule has 0 aromatic heterocycles. The first kappa shape index (κ1) is 16.7. The van der Waals surface area contributed by atoms with Gasteiger partial charge in [-0.3, -0.25) is 4.79 Å². The van der Waals surface area contributed by atoms with Gasteiger partial charge in [-0.25, -0.2) is 0 Å². The van der Waals surface area contributed by atoms with Gasteiger partial charge in [0.15, 0.2) is 0 Å². The molecule has 0 aliphatic carbocycles. The first-order valence-electron chi connectivity index (χ1n) is 7.18. The molecule has 0 radical (unpaired) electrons. The second-order valence-corrected chi connectivity index (χ2v) is 4.66. The van der Waals surface area contributed by atoms with E-state index < -0.39 is 6.10 Å². The quantitative estimate of drug-likeness (QED) is 0.744. The molecule has 1 atom stereocenters. The van der Waals surface area contributed by atoms with Crippen LogP contribution in [0.2, 0.25) is 0 Å². The van der Waals surface area contributed by atoms with Crippen molar-refractivity contribution < 1.29 is 14.3 Å². The second kappa shape index (κ2) is 8.72. The molecule has 1 N–H and O–H groups in total. The molecule has 0 fully saturated rings. The van der Waals surface area contributed by atoms with Gasteiger partial charge in [-0.1, -0.05) is 25.1 Å². The Balaban J connectivity index is 2.57. The van der Waals surface area contributed by atoms with Gasteiger partial charge in [0.1, 0.15) is 6.10 Å². The Morgan fingerprint density at radius 1 is 1.30 bits per heavy atom. The largest absolute Gasteiger partial charge is 0.379 e. The van der Waals surface area contributed by atoms with Crippen molar-refractivity contribution in [3.63, 3.8) is 0 Å². The van der Waals surface area contributed by atoms with Crippen LogP contribution in [0.5, 0.6) is 0 Å². The molecule has 112 valence electrons. The maximum Gasteiger partial charge on any atom is 0.253 e. The smallest absolute Gasteiger partial charge is 0.253 e. The highest BCUT2D eigenvalue weighted by atomic mass is 16.5. The highest BCUT2D eigenvalue weighted by Gasteiger charge is 2.15. The van der Waals surface area contributed by atoms with Crippen molar-refractivity contribution in [2.75, 3.05) is 25.1 Å². The molecule has 0 heterocycles. The van der Waals surface area contributed by atoms with Gasteiger partial charge in [-0.15, -0.1) is 0 Å². The molecule has 0 bridgehead atoms. The number of carbonyl (C=O) groups excluding carboxylic acids is 1. The van der Waals surface area contributed by atoms with Gasteiger partial charge < -0.3 is 14.8 Å². The van der Waals surface area contributed by atoms with E-state index in [-0.39, 0.29) is 5.91 Å². The van der Waals surface area contributed by atoms with Gasteiger partial charge in [0.05, 0.1) is 13.2 Å². The molecule has 0 aliphatic rings. The van der Waals surface area contributed by atoms with Gasteiger partial charge in [0.2, 0.25) is 0 Å². The number of carbonyl (C=O) groups is 1. The van der Waals surface area contributed by atoms with Crippen LogP contribution in [0.15, 0.2) is 18.2 Å². The lowest BCUT2D eigenvalue weighted by molar-refractivity contribution is -0.127. The second-order valence-electron chi connectivity index (χ2n) is 4.66. The number of nitrogens with one attached hydrogen (secondary N) is 1. The minimum absolute atomic E-state index is 0.120. The zero-order chi connectivity index (χ0) is 15.0. The van der Waals surface area contributed by atoms with E-state index in [9.17, 15) is 4.79 Å². The lowest BCUT2D eigenvalue weighted by Gasteiger charge is -2.17. The molecular weight excluding hydrogens is 254 g/mol. The Morgan fingerprint density at radius 2 is 2.05 bits per heavy atom. The molecule has 0 aliphatic heterocycles. The van der Waals surface area contributed by atoms with Crippen molar-refractivity contribution >= 4 is 11.6 Å². The van der Waals surface area contributed by atoms with Crippen LogP contribution in [0.4, 0.5) is 5.69 Å². The average Bonchev–Trinajstić information content (AvgIpc) is 2.45. The summed E-state index contributed by atoms with van der Waals surface area (Å²) in [5.41, 5.74) is 3.11. The lowest BCUT2D eigenvalue weighted by atomic mass is 10.1. The molecule has 4 nitrogen and oxygen atoms in total. The molecule has 4 heteroatoms. The Hall–Kier alpha value is -1.39. The van der Waals surface area contributed by atoms with Gasteiger partial charge in [0.25, 0.3) is 5.91 Å². The van der Waals surface area contributed by atoms with E-state index in [1.807, 2.05) is 32.0 Å². The van der Waals surface area contributed by atoms with Crippen molar-refractivity contribution in [2.45, 2.75) is 40.2 Å². The first-order valence-corrected chi connectivity index (χ1v) is 7.18. The Morgan fingerprint density at radius 3 is 2.70 bits per heavy atom. The number of hydrogen-bond donors (Lipinski definition) is 1. The number of anilines is 1. The fourth-order valence-electron chi connectivity index (χ4n) is 1.93. The average molecular weight is 279 g/mol. The van der Waals surface area contributed by atoms with E-state index in [1.54, 1.807) is 6.92 Å². The van der Waals surface area contributed by atoms with Crippen LogP contribution >= 0.6 is 0 Å². The minimum atomic E-state index is -0.486. The maximum absolute atomic E-state index is 12.1. The lowest BCUT2D eigenvalue weighted by Crippen LogP contribution is -2.29. The SMILES string of the molecule is CCOCCOC(C)C(=O)Nc1c(C)cccc1CC. The predicted octanol–water partition coefficient (Wildman–Crippen LogP) is 2.94. The number of ether oxygens (including phenoxy) is 2. The number of rotatable bonds is 8. The summed E-state index contributed by atoms with van der Waals surface area (Å²) in [4.78, 5) is 12.1. The normalized spacial score (nSPS) is 12.2.